The Kier molecular flexibility index (Phi) is 13.9. The number of allylic oxidation sites excluding steroid dienone is 1. The zero-order chi connectivity index (χ0) is 39.8. The van der Waals surface area contributed by atoms with Crippen molar-refractivity contribution in [2.45, 2.75) is 95.0 Å². The number of anilines is 2. The van der Waals surface area contributed by atoms with Gasteiger partial charge in [-0.15, -0.1) is 11.8 Å². The first-order chi connectivity index (χ1) is 26.9. The molecule has 0 bridgehead atoms. The van der Waals surface area contributed by atoms with Crippen LogP contribution in [0.5, 0.6) is 0 Å². The summed E-state index contributed by atoms with van der Waals surface area (Å²) in [6, 6.07) is 20.7. The second-order valence-corrected chi connectivity index (χ2v) is 16.4. The number of hydrazone groups is 2. The van der Waals surface area contributed by atoms with Crippen LogP contribution in [0.4, 0.5) is 20.2 Å². The lowest BCUT2D eigenvalue weighted by Gasteiger charge is -2.37. The normalized spacial score (nSPS) is 23.0. The highest BCUT2D eigenvalue weighted by Gasteiger charge is 2.45. The number of ether oxygens (including phenoxy) is 1. The maximum Gasteiger partial charge on any atom is 0.239 e. The van der Waals surface area contributed by atoms with Gasteiger partial charge in [0.05, 0.1) is 24.8 Å². The summed E-state index contributed by atoms with van der Waals surface area (Å²) in [7, 11) is 0. The minimum Gasteiger partial charge on any atom is -0.391 e. The summed E-state index contributed by atoms with van der Waals surface area (Å²) in [5.74, 6) is -0.287. The standard InChI is InChI=1S/C44H56F2N6O3S/c1-6-35(28-48-52(34(5)54)32(3)33(4)53)36-9-12-38(13-10-36)49-22-24-50(25-23-49)39-14-16-41(17-15-39)56-29-40-19-20-44(55-40,42-18-11-37(45)26-43(42)46)30-51-21-7-8-31(2)27-47-51/h7,9-18,21,26-28,31-33,35,40,53H,6,8,19-20,22-25,29-30H2,1-5H3. The second-order valence-electron chi connectivity index (χ2n) is 15.4. The van der Waals surface area contributed by atoms with Gasteiger partial charge < -0.3 is 19.6 Å². The van der Waals surface area contributed by atoms with E-state index >= 15 is 4.39 Å². The van der Waals surface area contributed by atoms with Gasteiger partial charge in [-0.05, 0) is 93.5 Å². The van der Waals surface area contributed by atoms with Gasteiger partial charge in [0.2, 0.25) is 5.91 Å². The van der Waals surface area contributed by atoms with Crippen LogP contribution in [0.25, 0.3) is 0 Å². The summed E-state index contributed by atoms with van der Waals surface area (Å²) in [5, 5.41) is 22.2. The Morgan fingerprint density at radius 2 is 1.71 bits per heavy atom. The molecule has 3 aromatic carbocycles. The molecule has 3 aliphatic rings. The van der Waals surface area contributed by atoms with E-state index in [1.54, 1.807) is 25.6 Å². The fraction of sp³-hybridized carbons (Fsp3) is 0.477. The summed E-state index contributed by atoms with van der Waals surface area (Å²) in [5.41, 5.74) is 2.97. The van der Waals surface area contributed by atoms with E-state index in [0.717, 1.165) is 67.7 Å². The minimum atomic E-state index is -0.933. The third-order valence-electron chi connectivity index (χ3n) is 11.2. The maximum atomic E-state index is 15.2. The third-order valence-corrected chi connectivity index (χ3v) is 12.3. The van der Waals surface area contributed by atoms with Crippen molar-refractivity contribution >= 4 is 41.5 Å². The summed E-state index contributed by atoms with van der Waals surface area (Å²) >= 11 is 1.74. The molecule has 56 heavy (non-hydrogen) atoms. The zero-order valence-electron chi connectivity index (χ0n) is 33.2. The number of halogens is 2. The number of nitrogens with zero attached hydrogens (tertiary/aromatic N) is 6. The SMILES string of the molecule is CCC(C=NN(C(C)=O)C(C)C(C)O)c1ccc(N2CCN(c3ccc(SCC4CCC(CN5C=CCC(C)C=N5)(c5ccc(F)cc5F)O4)cc3)CC2)cc1. The summed E-state index contributed by atoms with van der Waals surface area (Å²) in [6.45, 7) is 13.1. The van der Waals surface area contributed by atoms with Gasteiger partial charge >= 0.3 is 0 Å². The van der Waals surface area contributed by atoms with Crippen molar-refractivity contribution in [2.75, 3.05) is 48.3 Å². The van der Waals surface area contributed by atoms with Gasteiger partial charge in [0.15, 0.2) is 0 Å². The lowest BCUT2D eigenvalue weighted by Crippen LogP contribution is -2.46. The van der Waals surface area contributed by atoms with E-state index in [1.807, 2.05) is 23.6 Å². The van der Waals surface area contributed by atoms with Crippen molar-refractivity contribution in [1.82, 2.24) is 10.0 Å². The molecule has 12 heteroatoms. The molecule has 9 nitrogen and oxygen atoms in total. The van der Waals surface area contributed by atoms with E-state index < -0.39 is 29.4 Å². The van der Waals surface area contributed by atoms with E-state index in [1.165, 1.54) is 35.4 Å². The van der Waals surface area contributed by atoms with E-state index in [2.05, 4.69) is 88.5 Å². The van der Waals surface area contributed by atoms with Crippen molar-refractivity contribution in [3.63, 3.8) is 0 Å². The first-order valence-electron chi connectivity index (χ1n) is 19.9. The largest absolute Gasteiger partial charge is 0.391 e. The molecular formula is C44H56F2N6O3S. The zero-order valence-corrected chi connectivity index (χ0v) is 34.0. The van der Waals surface area contributed by atoms with Crippen molar-refractivity contribution < 1.29 is 23.4 Å². The van der Waals surface area contributed by atoms with Crippen LogP contribution in [-0.2, 0) is 15.1 Å². The summed E-state index contributed by atoms with van der Waals surface area (Å²) in [4.78, 5) is 18.1. The van der Waals surface area contributed by atoms with Gasteiger partial charge in [-0.25, -0.2) is 13.8 Å². The van der Waals surface area contributed by atoms with Gasteiger partial charge in [-0.3, -0.25) is 9.80 Å². The van der Waals surface area contributed by atoms with Crippen LogP contribution in [0, 0.1) is 17.6 Å². The smallest absolute Gasteiger partial charge is 0.239 e. The molecule has 0 aromatic heterocycles. The number of carbonyl (C=O) groups is 1. The first-order valence-corrected chi connectivity index (χ1v) is 20.9. The van der Waals surface area contributed by atoms with Crippen LogP contribution in [-0.4, -0.2) is 90.2 Å². The molecule has 0 spiro atoms. The summed E-state index contributed by atoms with van der Waals surface area (Å²) in [6.07, 6.45) is 10.1. The number of carbonyl (C=O) groups excluding carboxylic acids is 1. The summed E-state index contributed by atoms with van der Waals surface area (Å²) < 4.78 is 35.9. The Morgan fingerprint density at radius 1 is 1.05 bits per heavy atom. The molecule has 1 N–H and O–H groups in total. The Labute approximate surface area is 335 Å². The molecule has 0 radical (unpaired) electrons. The molecule has 3 aromatic rings. The first kappa shape index (κ1) is 41.4. The van der Waals surface area contributed by atoms with Gasteiger partial charge in [-0.2, -0.15) is 10.2 Å². The van der Waals surface area contributed by atoms with Gasteiger partial charge in [-0.1, -0.05) is 38.1 Å². The molecule has 0 aliphatic carbocycles. The maximum absolute atomic E-state index is 15.2. The van der Waals surface area contributed by atoms with Gasteiger partial charge in [0.25, 0.3) is 0 Å². The van der Waals surface area contributed by atoms with E-state index in [-0.39, 0.29) is 17.9 Å². The molecule has 300 valence electrons. The quantitative estimate of drug-likeness (QED) is 0.0999. The molecule has 2 fully saturated rings. The van der Waals surface area contributed by atoms with Crippen molar-refractivity contribution in [3.8, 4) is 0 Å². The van der Waals surface area contributed by atoms with Gasteiger partial charge in [0.1, 0.15) is 17.2 Å². The second kappa shape index (κ2) is 18.8. The van der Waals surface area contributed by atoms with E-state index in [0.29, 0.717) is 24.4 Å². The highest BCUT2D eigenvalue weighted by atomic mass is 32.2. The Hall–Kier alpha value is -4.26. The number of benzene rings is 3. The highest BCUT2D eigenvalue weighted by Crippen LogP contribution is 2.43. The Balaban J connectivity index is 1.01. The molecule has 6 rings (SSSR count). The predicted octanol–water partition coefficient (Wildman–Crippen LogP) is 8.40. The number of thioether (sulfide) groups is 1. The average molecular weight is 787 g/mol. The number of aliphatic hydroxyl groups excluding tert-OH is 1. The monoisotopic (exact) mass is 786 g/mol. The van der Waals surface area contributed by atoms with Crippen LogP contribution < -0.4 is 9.80 Å². The number of rotatable bonds is 14. The molecule has 6 atom stereocenters. The van der Waals surface area contributed by atoms with Crippen molar-refractivity contribution in [3.05, 3.63) is 102 Å². The van der Waals surface area contributed by atoms with E-state index in [4.69, 9.17) is 4.74 Å². The molecule has 6 unspecified atom stereocenters. The lowest BCUT2D eigenvalue weighted by molar-refractivity contribution is -0.133. The Morgan fingerprint density at radius 3 is 2.32 bits per heavy atom. The molecule has 3 heterocycles. The fourth-order valence-corrected chi connectivity index (χ4v) is 8.55. The highest BCUT2D eigenvalue weighted by molar-refractivity contribution is 7.99. The molecule has 3 aliphatic heterocycles. The van der Waals surface area contributed by atoms with Crippen LogP contribution in [0.2, 0.25) is 0 Å². The molecular weight excluding hydrogens is 731 g/mol. The molecule has 2 saturated heterocycles. The lowest BCUT2D eigenvalue weighted by atomic mass is 9.89. The van der Waals surface area contributed by atoms with E-state index in [9.17, 15) is 14.3 Å². The number of aliphatic hydroxyl groups is 1. The average Bonchev–Trinajstić information content (AvgIpc) is 3.49. The van der Waals surface area contributed by atoms with Gasteiger partial charge in [0, 0.05) is 91.3 Å². The predicted molar refractivity (Wildman–Crippen MR) is 223 cm³/mol. The van der Waals surface area contributed by atoms with Crippen LogP contribution in [0.1, 0.15) is 77.3 Å². The van der Waals surface area contributed by atoms with Crippen molar-refractivity contribution in [1.29, 1.82) is 0 Å². The third kappa shape index (κ3) is 10.2. The number of piperazine rings is 1. The van der Waals surface area contributed by atoms with Crippen molar-refractivity contribution in [2.24, 2.45) is 16.1 Å². The Bertz CT molecular complexity index is 1850. The minimum absolute atomic E-state index is 0.0568. The fourth-order valence-electron chi connectivity index (χ4n) is 7.61. The number of hydrogen-bond acceptors (Lipinski definition) is 9. The van der Waals surface area contributed by atoms with Crippen LogP contribution in [0.15, 0.2) is 94.1 Å². The number of hydrogen-bond donors (Lipinski definition) is 1. The molecule has 1 amide bonds. The topological polar surface area (TPSA) is 84.2 Å². The number of amides is 1. The molecule has 0 saturated carbocycles. The van der Waals surface area contributed by atoms with Crippen LogP contribution in [0.3, 0.4) is 0 Å². The van der Waals surface area contributed by atoms with Crippen LogP contribution >= 0.6 is 11.8 Å².